The van der Waals surface area contributed by atoms with Gasteiger partial charge in [0, 0.05) is 42.7 Å². The van der Waals surface area contributed by atoms with Crippen molar-refractivity contribution < 1.29 is 18.0 Å². The Morgan fingerprint density at radius 2 is 1.72 bits per heavy atom. The molecule has 0 aromatic heterocycles. The van der Waals surface area contributed by atoms with Gasteiger partial charge in [0.15, 0.2) is 0 Å². The molecule has 0 saturated carbocycles. The van der Waals surface area contributed by atoms with Gasteiger partial charge in [-0.3, -0.25) is 9.59 Å². The van der Waals surface area contributed by atoms with Gasteiger partial charge >= 0.3 is 0 Å². The summed E-state index contributed by atoms with van der Waals surface area (Å²) >= 11 is 5.82. The molecule has 1 N–H and O–H groups in total. The van der Waals surface area contributed by atoms with Crippen LogP contribution in [0.1, 0.15) is 40.0 Å². The second kappa shape index (κ2) is 8.24. The summed E-state index contributed by atoms with van der Waals surface area (Å²) in [6.45, 7) is 7.31. The maximum atomic E-state index is 12.9. The Morgan fingerprint density at radius 1 is 1.14 bits per heavy atom. The van der Waals surface area contributed by atoms with Crippen LogP contribution in [0.25, 0.3) is 0 Å². The molecule has 7 nitrogen and oxygen atoms in total. The summed E-state index contributed by atoms with van der Waals surface area (Å²) in [6, 6.07) is 5.81. The Bertz CT molecular complexity index is 872. The van der Waals surface area contributed by atoms with E-state index in [9.17, 15) is 18.0 Å². The molecule has 1 aromatic carbocycles. The molecule has 1 aromatic rings. The number of nitrogens with zero attached hydrogens (tertiary/aromatic N) is 2. The van der Waals surface area contributed by atoms with Crippen LogP contribution in [0.3, 0.4) is 0 Å². The average molecular weight is 442 g/mol. The van der Waals surface area contributed by atoms with E-state index in [0.717, 1.165) is 0 Å². The van der Waals surface area contributed by atoms with Crippen molar-refractivity contribution >= 4 is 33.4 Å². The summed E-state index contributed by atoms with van der Waals surface area (Å²) in [5.74, 6) is -0.311. The zero-order chi connectivity index (χ0) is 21.4. The van der Waals surface area contributed by atoms with Crippen molar-refractivity contribution in [2.75, 3.05) is 19.6 Å². The first-order valence-electron chi connectivity index (χ1n) is 9.84. The van der Waals surface area contributed by atoms with E-state index in [0.29, 0.717) is 37.5 Å². The SMILES string of the molecule is CC(C)(C)N1CC(C(=O)N2CCC(NS(=O)(=O)c3ccc(Cl)cc3)CC2)CC1=O. The second-order valence-electron chi connectivity index (χ2n) is 8.75. The number of rotatable bonds is 4. The maximum absolute atomic E-state index is 12.9. The van der Waals surface area contributed by atoms with E-state index in [1.165, 1.54) is 12.1 Å². The second-order valence-corrected chi connectivity index (χ2v) is 10.9. The third-order valence-corrected chi connectivity index (χ3v) is 7.32. The quantitative estimate of drug-likeness (QED) is 0.776. The van der Waals surface area contributed by atoms with Gasteiger partial charge in [-0.05, 0) is 57.9 Å². The first kappa shape index (κ1) is 22.1. The fourth-order valence-electron chi connectivity index (χ4n) is 3.90. The molecule has 3 rings (SSSR count). The summed E-state index contributed by atoms with van der Waals surface area (Å²) in [6.07, 6.45) is 1.34. The Kier molecular flexibility index (Phi) is 6.27. The number of halogens is 1. The molecule has 1 unspecified atom stereocenters. The minimum Gasteiger partial charge on any atom is -0.342 e. The van der Waals surface area contributed by atoms with Gasteiger partial charge in [0.1, 0.15) is 0 Å². The zero-order valence-electron chi connectivity index (χ0n) is 17.0. The third-order valence-electron chi connectivity index (χ3n) is 5.54. The number of hydrogen-bond acceptors (Lipinski definition) is 4. The van der Waals surface area contributed by atoms with Crippen LogP contribution in [0.2, 0.25) is 5.02 Å². The van der Waals surface area contributed by atoms with Crippen molar-refractivity contribution in [3.05, 3.63) is 29.3 Å². The number of carbonyl (C=O) groups excluding carboxylic acids is 2. The molecule has 2 heterocycles. The predicted molar refractivity (Wildman–Crippen MR) is 111 cm³/mol. The van der Waals surface area contributed by atoms with Crippen molar-refractivity contribution in [3.8, 4) is 0 Å². The lowest BCUT2D eigenvalue weighted by Crippen LogP contribution is -2.48. The molecule has 9 heteroatoms. The third kappa shape index (κ3) is 5.10. The molecule has 1 atom stereocenters. The van der Waals surface area contributed by atoms with Crippen molar-refractivity contribution in [3.63, 3.8) is 0 Å². The summed E-state index contributed by atoms with van der Waals surface area (Å²) < 4.78 is 27.8. The Labute approximate surface area is 177 Å². The van der Waals surface area contributed by atoms with Gasteiger partial charge in [-0.2, -0.15) is 0 Å². The lowest BCUT2D eigenvalue weighted by molar-refractivity contribution is -0.136. The van der Waals surface area contributed by atoms with E-state index < -0.39 is 10.0 Å². The molecular formula is C20H28ClN3O4S. The van der Waals surface area contributed by atoms with Gasteiger partial charge in [0.2, 0.25) is 21.8 Å². The smallest absolute Gasteiger partial charge is 0.240 e. The number of likely N-dealkylation sites (tertiary alicyclic amines) is 2. The van der Waals surface area contributed by atoms with Crippen LogP contribution < -0.4 is 4.72 Å². The fourth-order valence-corrected chi connectivity index (χ4v) is 5.33. The van der Waals surface area contributed by atoms with Crippen molar-refractivity contribution in [2.45, 2.75) is 56.5 Å². The number of sulfonamides is 1. The van der Waals surface area contributed by atoms with Crippen LogP contribution in [-0.2, 0) is 19.6 Å². The number of piperidine rings is 1. The molecule has 2 amide bonds. The summed E-state index contributed by atoms with van der Waals surface area (Å²) in [5, 5.41) is 0.478. The van der Waals surface area contributed by atoms with Gasteiger partial charge in [-0.1, -0.05) is 11.6 Å². The highest BCUT2D eigenvalue weighted by molar-refractivity contribution is 7.89. The van der Waals surface area contributed by atoms with Crippen LogP contribution in [-0.4, -0.2) is 61.2 Å². The summed E-state index contributed by atoms with van der Waals surface area (Å²) in [7, 11) is -3.62. The van der Waals surface area contributed by atoms with E-state index >= 15 is 0 Å². The normalized spacial score (nSPS) is 21.7. The van der Waals surface area contributed by atoms with Gasteiger partial charge in [-0.15, -0.1) is 0 Å². The Hall–Kier alpha value is -1.64. The molecule has 2 aliphatic rings. The van der Waals surface area contributed by atoms with Gasteiger partial charge in [0.25, 0.3) is 0 Å². The number of amides is 2. The van der Waals surface area contributed by atoms with Gasteiger partial charge in [-0.25, -0.2) is 13.1 Å². The van der Waals surface area contributed by atoms with E-state index in [4.69, 9.17) is 11.6 Å². The Balaban J connectivity index is 1.55. The van der Waals surface area contributed by atoms with E-state index in [1.54, 1.807) is 21.9 Å². The molecule has 0 spiro atoms. The van der Waals surface area contributed by atoms with Crippen LogP contribution in [0.5, 0.6) is 0 Å². The van der Waals surface area contributed by atoms with Crippen LogP contribution in [0.4, 0.5) is 0 Å². The number of hydrogen-bond donors (Lipinski definition) is 1. The molecule has 0 radical (unpaired) electrons. The topological polar surface area (TPSA) is 86.8 Å². The first-order valence-corrected chi connectivity index (χ1v) is 11.7. The molecule has 0 aliphatic carbocycles. The first-order chi connectivity index (χ1) is 13.5. The van der Waals surface area contributed by atoms with E-state index in [-0.39, 0.29) is 40.6 Å². The number of carbonyl (C=O) groups is 2. The number of nitrogens with one attached hydrogen (secondary N) is 1. The molecular weight excluding hydrogens is 414 g/mol. The molecule has 160 valence electrons. The fraction of sp³-hybridized carbons (Fsp3) is 0.600. The van der Waals surface area contributed by atoms with Gasteiger partial charge < -0.3 is 9.80 Å². The lowest BCUT2D eigenvalue weighted by Gasteiger charge is -2.34. The minimum atomic E-state index is -3.62. The summed E-state index contributed by atoms with van der Waals surface area (Å²) in [4.78, 5) is 28.8. The van der Waals surface area contributed by atoms with Crippen LogP contribution in [0, 0.1) is 5.92 Å². The molecule has 2 aliphatic heterocycles. The lowest BCUT2D eigenvalue weighted by atomic mass is 10.0. The maximum Gasteiger partial charge on any atom is 0.240 e. The van der Waals surface area contributed by atoms with E-state index in [2.05, 4.69) is 4.72 Å². The number of benzene rings is 1. The van der Waals surface area contributed by atoms with Gasteiger partial charge in [0.05, 0.1) is 10.8 Å². The van der Waals surface area contributed by atoms with Crippen LogP contribution >= 0.6 is 11.6 Å². The average Bonchev–Trinajstić information content (AvgIpc) is 3.04. The predicted octanol–water partition coefficient (Wildman–Crippen LogP) is 2.26. The van der Waals surface area contributed by atoms with Crippen molar-refractivity contribution in [1.82, 2.24) is 14.5 Å². The highest BCUT2D eigenvalue weighted by Gasteiger charge is 2.41. The molecule has 2 saturated heterocycles. The molecule has 29 heavy (non-hydrogen) atoms. The zero-order valence-corrected chi connectivity index (χ0v) is 18.6. The standard InChI is InChI=1S/C20H28ClN3O4S/c1-20(2,3)24-13-14(12-18(24)25)19(26)23-10-8-16(9-11-23)22-29(27,28)17-6-4-15(21)5-7-17/h4-7,14,16,22H,8-13H2,1-3H3. The minimum absolute atomic E-state index is 0.0101. The molecule has 2 fully saturated rings. The van der Waals surface area contributed by atoms with Crippen molar-refractivity contribution in [1.29, 1.82) is 0 Å². The summed E-state index contributed by atoms with van der Waals surface area (Å²) in [5.41, 5.74) is -0.293. The highest BCUT2D eigenvalue weighted by atomic mass is 35.5. The largest absolute Gasteiger partial charge is 0.342 e. The van der Waals surface area contributed by atoms with Crippen LogP contribution in [0.15, 0.2) is 29.2 Å². The Morgan fingerprint density at radius 3 is 2.24 bits per heavy atom. The molecule has 0 bridgehead atoms. The van der Waals surface area contributed by atoms with Crippen molar-refractivity contribution in [2.24, 2.45) is 5.92 Å². The monoisotopic (exact) mass is 441 g/mol. The highest BCUT2D eigenvalue weighted by Crippen LogP contribution is 2.28. The van der Waals surface area contributed by atoms with E-state index in [1.807, 2.05) is 20.8 Å².